The van der Waals surface area contributed by atoms with Gasteiger partial charge in [-0.15, -0.1) is 0 Å². The van der Waals surface area contributed by atoms with Crippen LogP contribution in [0.1, 0.15) is 78.1 Å². The SMILES string of the molecule is CCCCCCCCCCOP(C)(=O)CC(C)CCC(=O)O. The summed E-state index contributed by atoms with van der Waals surface area (Å²) in [6, 6.07) is 0. The monoisotopic (exact) mass is 334 g/mol. The van der Waals surface area contributed by atoms with E-state index in [0.717, 1.165) is 12.8 Å². The van der Waals surface area contributed by atoms with Crippen molar-refractivity contribution in [2.45, 2.75) is 78.1 Å². The number of carboxylic acids is 1. The fraction of sp³-hybridized carbons (Fsp3) is 0.941. The molecule has 0 fully saturated rings. The molecule has 0 heterocycles. The summed E-state index contributed by atoms with van der Waals surface area (Å²) in [6.07, 6.45) is 11.1. The summed E-state index contributed by atoms with van der Waals surface area (Å²) >= 11 is 0. The molecule has 1 N–H and O–H groups in total. The Kier molecular flexibility index (Phi) is 12.9. The molecule has 0 aliphatic heterocycles. The molecule has 0 radical (unpaired) electrons. The number of aliphatic carboxylic acids is 1. The van der Waals surface area contributed by atoms with Crippen LogP contribution in [-0.4, -0.2) is 30.5 Å². The van der Waals surface area contributed by atoms with Gasteiger partial charge in [-0.1, -0.05) is 58.8 Å². The molecule has 0 aliphatic carbocycles. The van der Waals surface area contributed by atoms with Gasteiger partial charge in [0.25, 0.3) is 0 Å². The number of carboxylic acid groups (broad SMARTS) is 1. The highest BCUT2D eigenvalue weighted by Gasteiger charge is 2.20. The second-order valence-electron chi connectivity index (χ2n) is 6.54. The van der Waals surface area contributed by atoms with E-state index in [1.807, 2.05) is 6.92 Å². The molecule has 22 heavy (non-hydrogen) atoms. The second-order valence-corrected chi connectivity index (χ2v) is 9.19. The van der Waals surface area contributed by atoms with Gasteiger partial charge in [0.05, 0.1) is 6.61 Å². The van der Waals surface area contributed by atoms with E-state index < -0.39 is 13.3 Å². The smallest absolute Gasteiger partial charge is 0.303 e. The maximum absolute atomic E-state index is 12.3. The van der Waals surface area contributed by atoms with Crippen molar-refractivity contribution in [1.82, 2.24) is 0 Å². The molecule has 0 saturated carbocycles. The zero-order valence-corrected chi connectivity index (χ0v) is 15.6. The van der Waals surface area contributed by atoms with E-state index in [9.17, 15) is 9.36 Å². The van der Waals surface area contributed by atoms with Crippen LogP contribution in [0, 0.1) is 5.92 Å². The van der Waals surface area contributed by atoms with Crippen LogP contribution in [0.2, 0.25) is 0 Å². The molecule has 132 valence electrons. The minimum absolute atomic E-state index is 0.130. The first-order valence-electron chi connectivity index (χ1n) is 8.80. The third-order valence-corrected chi connectivity index (χ3v) is 5.87. The molecule has 0 rings (SSSR count). The van der Waals surface area contributed by atoms with E-state index in [-0.39, 0.29) is 12.3 Å². The zero-order chi connectivity index (χ0) is 16.8. The fourth-order valence-corrected chi connectivity index (χ4v) is 4.51. The third-order valence-electron chi connectivity index (χ3n) is 3.86. The molecule has 4 nitrogen and oxygen atoms in total. The maximum Gasteiger partial charge on any atom is 0.303 e. The van der Waals surface area contributed by atoms with Gasteiger partial charge in [-0.25, -0.2) is 0 Å². The van der Waals surface area contributed by atoms with Crippen LogP contribution in [0.4, 0.5) is 0 Å². The largest absolute Gasteiger partial charge is 0.481 e. The summed E-state index contributed by atoms with van der Waals surface area (Å²) in [5.41, 5.74) is 0. The first-order chi connectivity index (χ1) is 10.4. The summed E-state index contributed by atoms with van der Waals surface area (Å²) in [6.45, 7) is 6.41. The molecule has 0 amide bonds. The summed E-state index contributed by atoms with van der Waals surface area (Å²) in [4.78, 5) is 10.5. The maximum atomic E-state index is 12.3. The molecular weight excluding hydrogens is 299 g/mol. The minimum Gasteiger partial charge on any atom is -0.481 e. The molecule has 0 aromatic heterocycles. The standard InChI is InChI=1S/C17H35O4P/c1-4-5-6-7-8-9-10-11-14-21-22(3,20)15-16(2)12-13-17(18)19/h16H,4-15H2,1-3H3,(H,18,19). The molecule has 0 saturated heterocycles. The average Bonchev–Trinajstić information content (AvgIpc) is 2.43. The van der Waals surface area contributed by atoms with Gasteiger partial charge in [0.2, 0.25) is 0 Å². The first-order valence-corrected chi connectivity index (χ1v) is 11.1. The van der Waals surface area contributed by atoms with Gasteiger partial charge in [0, 0.05) is 19.2 Å². The predicted molar refractivity (Wildman–Crippen MR) is 93.0 cm³/mol. The average molecular weight is 334 g/mol. The molecule has 0 aromatic rings. The highest BCUT2D eigenvalue weighted by Crippen LogP contribution is 2.45. The lowest BCUT2D eigenvalue weighted by atomic mass is 10.1. The topological polar surface area (TPSA) is 63.6 Å². The Bertz CT molecular complexity index is 331. The molecule has 0 aliphatic rings. The third kappa shape index (κ3) is 14.6. The first kappa shape index (κ1) is 21.7. The van der Waals surface area contributed by atoms with Crippen LogP contribution in [-0.2, 0) is 13.9 Å². The normalized spacial score (nSPS) is 15.4. The van der Waals surface area contributed by atoms with E-state index in [4.69, 9.17) is 9.63 Å². The number of hydrogen-bond acceptors (Lipinski definition) is 3. The van der Waals surface area contributed by atoms with Crippen molar-refractivity contribution in [2.24, 2.45) is 5.92 Å². The molecule has 0 spiro atoms. The lowest BCUT2D eigenvalue weighted by molar-refractivity contribution is -0.137. The van der Waals surface area contributed by atoms with E-state index in [2.05, 4.69) is 6.92 Å². The van der Waals surface area contributed by atoms with Crippen molar-refractivity contribution >= 4 is 13.3 Å². The Morgan fingerprint density at radius 2 is 1.64 bits per heavy atom. The number of hydrogen-bond donors (Lipinski definition) is 1. The van der Waals surface area contributed by atoms with Gasteiger partial charge in [-0.05, 0) is 18.8 Å². The zero-order valence-electron chi connectivity index (χ0n) is 14.7. The van der Waals surface area contributed by atoms with Crippen molar-refractivity contribution in [3.8, 4) is 0 Å². The molecule has 0 bridgehead atoms. The van der Waals surface area contributed by atoms with Gasteiger partial charge in [0.15, 0.2) is 7.37 Å². The molecule has 2 atom stereocenters. The quantitative estimate of drug-likeness (QED) is 0.315. The van der Waals surface area contributed by atoms with E-state index in [0.29, 0.717) is 19.2 Å². The number of rotatable bonds is 15. The predicted octanol–water partition coefficient (Wildman–Crippen LogP) is 5.55. The lowest BCUT2D eigenvalue weighted by Gasteiger charge is -2.18. The fourth-order valence-electron chi connectivity index (χ4n) is 2.57. The van der Waals surface area contributed by atoms with E-state index >= 15 is 0 Å². The van der Waals surface area contributed by atoms with Crippen LogP contribution in [0.3, 0.4) is 0 Å². The van der Waals surface area contributed by atoms with Crippen molar-refractivity contribution < 1.29 is 19.0 Å². The summed E-state index contributed by atoms with van der Waals surface area (Å²) in [7, 11) is -2.57. The van der Waals surface area contributed by atoms with Crippen LogP contribution in [0.25, 0.3) is 0 Å². The summed E-state index contributed by atoms with van der Waals surface area (Å²) < 4.78 is 17.9. The van der Waals surface area contributed by atoms with Gasteiger partial charge >= 0.3 is 5.97 Å². The van der Waals surface area contributed by atoms with Crippen LogP contribution >= 0.6 is 7.37 Å². The molecule has 5 heteroatoms. The van der Waals surface area contributed by atoms with Crippen LogP contribution in [0.15, 0.2) is 0 Å². The summed E-state index contributed by atoms with van der Waals surface area (Å²) in [5.74, 6) is -0.664. The van der Waals surface area contributed by atoms with Crippen LogP contribution in [0.5, 0.6) is 0 Å². The van der Waals surface area contributed by atoms with Crippen LogP contribution < -0.4 is 0 Å². The van der Waals surface area contributed by atoms with E-state index in [1.54, 1.807) is 6.66 Å². The van der Waals surface area contributed by atoms with Crippen molar-refractivity contribution in [3.05, 3.63) is 0 Å². The van der Waals surface area contributed by atoms with Gasteiger partial charge in [-0.2, -0.15) is 0 Å². The highest BCUT2D eigenvalue weighted by molar-refractivity contribution is 7.58. The minimum atomic E-state index is -2.57. The number of carbonyl (C=O) groups is 1. The Labute approximate surface area is 136 Å². The van der Waals surface area contributed by atoms with E-state index in [1.165, 1.54) is 38.5 Å². The number of unbranched alkanes of at least 4 members (excludes halogenated alkanes) is 7. The van der Waals surface area contributed by atoms with Crippen molar-refractivity contribution in [1.29, 1.82) is 0 Å². The van der Waals surface area contributed by atoms with Gasteiger partial charge in [0.1, 0.15) is 0 Å². The van der Waals surface area contributed by atoms with Crippen molar-refractivity contribution in [2.75, 3.05) is 19.4 Å². The Balaban J connectivity index is 3.59. The molecular formula is C17H35O4P. The Hall–Kier alpha value is -0.340. The lowest BCUT2D eigenvalue weighted by Crippen LogP contribution is -2.07. The van der Waals surface area contributed by atoms with Crippen molar-refractivity contribution in [3.63, 3.8) is 0 Å². The Morgan fingerprint density at radius 3 is 2.18 bits per heavy atom. The molecule has 0 aromatic carbocycles. The van der Waals surface area contributed by atoms with Gasteiger partial charge < -0.3 is 9.63 Å². The summed E-state index contributed by atoms with van der Waals surface area (Å²) in [5, 5.41) is 8.65. The van der Waals surface area contributed by atoms with Gasteiger partial charge in [-0.3, -0.25) is 9.36 Å². The second kappa shape index (κ2) is 13.1. The highest BCUT2D eigenvalue weighted by atomic mass is 31.2. The molecule has 2 unspecified atom stereocenters. The Morgan fingerprint density at radius 1 is 1.09 bits per heavy atom.